The lowest BCUT2D eigenvalue weighted by atomic mass is 10.0. The molecule has 2 amide bonds. The summed E-state index contributed by atoms with van der Waals surface area (Å²) in [5.74, 6) is -0.289. The molecule has 0 bridgehead atoms. The predicted octanol–water partition coefficient (Wildman–Crippen LogP) is 6.16. The van der Waals surface area contributed by atoms with Crippen molar-refractivity contribution < 1.29 is 19.1 Å². The summed E-state index contributed by atoms with van der Waals surface area (Å²) in [6.45, 7) is 0. The topological polar surface area (TPSA) is 100 Å². The molecule has 0 aliphatic heterocycles. The number of esters is 1. The number of benzene rings is 4. The summed E-state index contributed by atoms with van der Waals surface area (Å²) in [7, 11) is 1.28. The van der Waals surface area contributed by atoms with Crippen LogP contribution in [0.15, 0.2) is 103 Å². The zero-order chi connectivity index (χ0) is 25.3. The zero-order valence-electron chi connectivity index (χ0n) is 19.5. The number of rotatable bonds is 7. The molecule has 7 nitrogen and oxygen atoms in total. The number of hydrogen-bond acceptors (Lipinski definition) is 5. The first-order chi connectivity index (χ1) is 17.6. The predicted molar refractivity (Wildman–Crippen MR) is 137 cm³/mol. The van der Waals surface area contributed by atoms with E-state index in [4.69, 9.17) is 14.7 Å². The van der Waals surface area contributed by atoms with Crippen LogP contribution in [-0.4, -0.2) is 19.1 Å². The molecule has 4 aromatic rings. The summed E-state index contributed by atoms with van der Waals surface area (Å²) < 4.78 is 11.3. The van der Waals surface area contributed by atoms with Crippen LogP contribution in [0.1, 0.15) is 33.2 Å². The molecule has 0 radical (unpaired) electrons. The molecule has 36 heavy (non-hydrogen) atoms. The number of ether oxygens (including phenoxy) is 2. The van der Waals surface area contributed by atoms with Gasteiger partial charge in [0.15, 0.2) is 0 Å². The van der Waals surface area contributed by atoms with Crippen molar-refractivity contribution in [3.63, 3.8) is 0 Å². The van der Waals surface area contributed by atoms with E-state index in [9.17, 15) is 9.59 Å². The number of hydrogen-bond donors (Lipinski definition) is 2. The highest BCUT2D eigenvalue weighted by atomic mass is 16.5. The van der Waals surface area contributed by atoms with E-state index in [2.05, 4.69) is 10.6 Å². The Balaban J connectivity index is 1.60. The summed E-state index contributed by atoms with van der Waals surface area (Å²) in [6, 6.07) is 32.2. The standard InChI is InChI=1S/C29H23N3O4/c1-35-28(33)25-18-24(32-29(34)31-23-14-8-9-20(17-23)19-30)15-16-26(25)36-27(21-10-4-2-5-11-21)22-12-6-3-7-13-22/h2-18,27H,1H3,(H2,31,32,34). The van der Waals surface area contributed by atoms with E-state index >= 15 is 0 Å². The fourth-order valence-electron chi connectivity index (χ4n) is 3.65. The minimum Gasteiger partial charge on any atom is -0.480 e. The van der Waals surface area contributed by atoms with Crippen molar-refractivity contribution >= 4 is 23.4 Å². The summed E-state index contributed by atoms with van der Waals surface area (Å²) in [5.41, 5.74) is 3.26. The number of methoxy groups -OCH3 is 1. The summed E-state index contributed by atoms with van der Waals surface area (Å²) >= 11 is 0. The molecule has 4 aromatic carbocycles. The summed E-state index contributed by atoms with van der Waals surface area (Å²) in [5, 5.41) is 14.4. The van der Waals surface area contributed by atoms with Crippen molar-refractivity contribution in [2.45, 2.75) is 6.10 Å². The Morgan fingerprint density at radius 2 is 1.39 bits per heavy atom. The molecule has 4 rings (SSSR count). The molecule has 0 spiro atoms. The fourth-order valence-corrected chi connectivity index (χ4v) is 3.65. The minimum absolute atomic E-state index is 0.165. The number of anilines is 2. The maximum atomic E-state index is 12.6. The van der Waals surface area contributed by atoms with Gasteiger partial charge in [-0.1, -0.05) is 66.7 Å². The molecule has 0 heterocycles. The van der Waals surface area contributed by atoms with E-state index in [1.165, 1.54) is 13.2 Å². The van der Waals surface area contributed by atoms with E-state index in [0.717, 1.165) is 11.1 Å². The van der Waals surface area contributed by atoms with Gasteiger partial charge in [-0.2, -0.15) is 5.26 Å². The van der Waals surface area contributed by atoms with Crippen molar-refractivity contribution in [1.29, 1.82) is 5.26 Å². The second kappa shape index (κ2) is 11.4. The molecule has 0 unspecified atom stereocenters. The Morgan fingerprint density at radius 1 is 0.778 bits per heavy atom. The van der Waals surface area contributed by atoms with Gasteiger partial charge >= 0.3 is 12.0 Å². The van der Waals surface area contributed by atoms with Gasteiger partial charge in [0.25, 0.3) is 0 Å². The highest BCUT2D eigenvalue weighted by Gasteiger charge is 2.21. The van der Waals surface area contributed by atoms with E-state index < -0.39 is 18.1 Å². The van der Waals surface area contributed by atoms with Crippen LogP contribution in [-0.2, 0) is 4.74 Å². The number of nitrogens with one attached hydrogen (secondary N) is 2. The second-order valence-electron chi connectivity index (χ2n) is 7.79. The Bertz CT molecular complexity index is 1360. The van der Waals surface area contributed by atoms with Crippen molar-refractivity contribution in [2.75, 3.05) is 17.7 Å². The number of amides is 2. The zero-order valence-corrected chi connectivity index (χ0v) is 19.5. The third-order valence-electron chi connectivity index (χ3n) is 5.34. The van der Waals surface area contributed by atoms with Crippen LogP contribution in [0.3, 0.4) is 0 Å². The van der Waals surface area contributed by atoms with Crippen LogP contribution in [0.2, 0.25) is 0 Å². The van der Waals surface area contributed by atoms with Crippen LogP contribution in [0.5, 0.6) is 5.75 Å². The third kappa shape index (κ3) is 5.88. The van der Waals surface area contributed by atoms with Crippen LogP contribution in [0.25, 0.3) is 0 Å². The number of nitrogens with zero attached hydrogens (tertiary/aromatic N) is 1. The van der Waals surface area contributed by atoms with Crippen LogP contribution >= 0.6 is 0 Å². The van der Waals surface area contributed by atoms with Gasteiger partial charge in [-0.05, 0) is 47.5 Å². The number of carbonyl (C=O) groups excluding carboxylic acids is 2. The number of nitriles is 1. The van der Waals surface area contributed by atoms with Gasteiger partial charge in [0.2, 0.25) is 0 Å². The van der Waals surface area contributed by atoms with Gasteiger partial charge in [0.1, 0.15) is 17.4 Å². The molecule has 0 saturated heterocycles. The molecular formula is C29H23N3O4. The summed E-state index contributed by atoms with van der Waals surface area (Å²) in [6.07, 6.45) is -0.467. The first kappa shape index (κ1) is 24.0. The molecule has 0 aliphatic rings. The quantitative estimate of drug-likeness (QED) is 0.311. The number of urea groups is 1. The maximum absolute atomic E-state index is 12.6. The lowest BCUT2D eigenvalue weighted by Crippen LogP contribution is -2.20. The van der Waals surface area contributed by atoms with Crippen molar-refractivity contribution in [3.05, 3.63) is 125 Å². The van der Waals surface area contributed by atoms with Gasteiger partial charge in [-0.3, -0.25) is 0 Å². The van der Waals surface area contributed by atoms with Crippen LogP contribution in [0, 0.1) is 11.3 Å². The van der Waals surface area contributed by atoms with Crippen molar-refractivity contribution in [1.82, 2.24) is 0 Å². The molecular weight excluding hydrogens is 454 g/mol. The molecule has 0 saturated carbocycles. The first-order valence-electron chi connectivity index (χ1n) is 11.1. The van der Waals surface area contributed by atoms with E-state index in [1.807, 2.05) is 66.7 Å². The van der Waals surface area contributed by atoms with Crippen LogP contribution < -0.4 is 15.4 Å². The average Bonchev–Trinajstić information content (AvgIpc) is 2.92. The smallest absolute Gasteiger partial charge is 0.341 e. The maximum Gasteiger partial charge on any atom is 0.341 e. The van der Waals surface area contributed by atoms with E-state index in [0.29, 0.717) is 22.7 Å². The van der Waals surface area contributed by atoms with E-state index in [-0.39, 0.29) is 5.56 Å². The average molecular weight is 478 g/mol. The van der Waals surface area contributed by atoms with Gasteiger partial charge in [-0.25, -0.2) is 9.59 Å². The Hall–Kier alpha value is -5.09. The molecule has 178 valence electrons. The van der Waals surface area contributed by atoms with Crippen molar-refractivity contribution in [3.8, 4) is 11.8 Å². The van der Waals surface area contributed by atoms with Gasteiger partial charge in [0, 0.05) is 11.4 Å². The van der Waals surface area contributed by atoms with Gasteiger partial charge in [-0.15, -0.1) is 0 Å². The lowest BCUT2D eigenvalue weighted by molar-refractivity contribution is 0.0594. The van der Waals surface area contributed by atoms with E-state index in [1.54, 1.807) is 36.4 Å². The molecule has 7 heteroatoms. The van der Waals surface area contributed by atoms with Gasteiger partial charge in [0.05, 0.1) is 18.7 Å². The van der Waals surface area contributed by atoms with Crippen LogP contribution in [0.4, 0.5) is 16.2 Å². The highest BCUT2D eigenvalue weighted by molar-refractivity contribution is 6.01. The minimum atomic E-state index is -0.601. The summed E-state index contributed by atoms with van der Waals surface area (Å²) in [4.78, 5) is 25.1. The molecule has 2 N–H and O–H groups in total. The monoisotopic (exact) mass is 477 g/mol. The third-order valence-corrected chi connectivity index (χ3v) is 5.34. The Kier molecular flexibility index (Phi) is 7.59. The Morgan fingerprint density at radius 3 is 1.97 bits per heavy atom. The first-order valence-corrected chi connectivity index (χ1v) is 11.1. The highest BCUT2D eigenvalue weighted by Crippen LogP contribution is 2.32. The number of carbonyl (C=O) groups is 2. The second-order valence-corrected chi connectivity index (χ2v) is 7.79. The Labute approximate surface area is 208 Å². The molecule has 0 aromatic heterocycles. The fraction of sp³-hybridized carbons (Fsp3) is 0.0690. The SMILES string of the molecule is COC(=O)c1cc(NC(=O)Nc2cccc(C#N)c2)ccc1OC(c1ccccc1)c1ccccc1. The lowest BCUT2D eigenvalue weighted by Gasteiger charge is -2.22. The largest absolute Gasteiger partial charge is 0.480 e. The molecule has 0 fully saturated rings. The molecule has 0 atom stereocenters. The van der Waals surface area contributed by atoms with Gasteiger partial charge < -0.3 is 20.1 Å². The van der Waals surface area contributed by atoms with Crippen molar-refractivity contribution in [2.24, 2.45) is 0 Å². The molecule has 0 aliphatic carbocycles. The normalized spacial score (nSPS) is 10.2.